The second kappa shape index (κ2) is 7.47. The van der Waals surface area contributed by atoms with Gasteiger partial charge in [-0.05, 0) is 42.5 Å². The average molecular weight is 409 g/mol. The molecule has 1 aromatic carbocycles. The van der Waals surface area contributed by atoms with Crippen molar-refractivity contribution in [1.29, 1.82) is 0 Å². The van der Waals surface area contributed by atoms with Gasteiger partial charge in [-0.3, -0.25) is 9.59 Å². The van der Waals surface area contributed by atoms with E-state index in [0.29, 0.717) is 24.5 Å². The maximum atomic E-state index is 12.7. The second-order valence-electron chi connectivity index (χ2n) is 8.26. The minimum atomic E-state index is -0.663. The van der Waals surface area contributed by atoms with Gasteiger partial charge in [-0.25, -0.2) is 14.9 Å². The maximum Gasteiger partial charge on any atom is 0.322 e. The number of carbonyl (C=O) groups is 2. The molecule has 0 N–H and O–H groups in total. The van der Waals surface area contributed by atoms with Crippen molar-refractivity contribution in [3.05, 3.63) is 41.7 Å². The molecule has 1 fully saturated rings. The Morgan fingerprint density at radius 2 is 1.80 bits per heavy atom. The van der Waals surface area contributed by atoms with Gasteiger partial charge in [-0.1, -0.05) is 33.8 Å². The molecule has 0 radical (unpaired) electrons. The minimum absolute atomic E-state index is 0.161. The van der Waals surface area contributed by atoms with Gasteiger partial charge in [0, 0.05) is 6.42 Å². The summed E-state index contributed by atoms with van der Waals surface area (Å²) in [5.74, 6) is 0.197. The van der Waals surface area contributed by atoms with Gasteiger partial charge >= 0.3 is 6.01 Å². The van der Waals surface area contributed by atoms with Gasteiger partial charge in [0.05, 0.1) is 35.7 Å². The molecular formula is C23H27N3O4. The van der Waals surface area contributed by atoms with Crippen molar-refractivity contribution in [3.63, 3.8) is 0 Å². The Balaban J connectivity index is 1.54. The van der Waals surface area contributed by atoms with Gasteiger partial charge in [0.15, 0.2) is 0 Å². The number of fused-ring (bicyclic) bond motifs is 1. The Labute approximate surface area is 176 Å². The first-order valence-corrected chi connectivity index (χ1v) is 10.5. The van der Waals surface area contributed by atoms with E-state index in [-0.39, 0.29) is 29.8 Å². The summed E-state index contributed by atoms with van der Waals surface area (Å²) in [6, 6.07) is 6.04. The molecule has 30 heavy (non-hydrogen) atoms. The van der Waals surface area contributed by atoms with Crippen LogP contribution < -0.4 is 9.64 Å². The molecule has 0 spiro atoms. The van der Waals surface area contributed by atoms with Gasteiger partial charge in [0.2, 0.25) is 11.8 Å². The molecule has 7 nitrogen and oxygen atoms in total. The third kappa shape index (κ3) is 3.17. The van der Waals surface area contributed by atoms with Crippen LogP contribution in [0.5, 0.6) is 11.8 Å². The summed E-state index contributed by atoms with van der Waals surface area (Å²) in [6.07, 6.45) is 5.50. The number of rotatable bonds is 6. The van der Waals surface area contributed by atoms with Crippen molar-refractivity contribution in [2.24, 2.45) is 5.41 Å². The first kappa shape index (κ1) is 20.5. The van der Waals surface area contributed by atoms with Crippen LogP contribution in [0.2, 0.25) is 0 Å². The first-order chi connectivity index (χ1) is 14.4. The van der Waals surface area contributed by atoms with Crippen molar-refractivity contribution < 1.29 is 19.1 Å². The lowest BCUT2D eigenvalue weighted by atomic mass is 9.86. The van der Waals surface area contributed by atoms with Gasteiger partial charge in [-0.2, -0.15) is 0 Å². The molecule has 1 atom stereocenters. The maximum absolute atomic E-state index is 12.7. The largest absolute Gasteiger partial charge is 0.424 e. The van der Waals surface area contributed by atoms with E-state index >= 15 is 0 Å². The van der Waals surface area contributed by atoms with Crippen LogP contribution in [0.15, 0.2) is 30.6 Å². The van der Waals surface area contributed by atoms with E-state index in [1.807, 2.05) is 32.0 Å². The number of aromatic nitrogens is 2. The molecule has 1 saturated heterocycles. The molecule has 0 aliphatic carbocycles. The quantitative estimate of drug-likeness (QED) is 0.654. The number of imide groups is 1. The summed E-state index contributed by atoms with van der Waals surface area (Å²) in [4.78, 5) is 34.7. The third-order valence-corrected chi connectivity index (χ3v) is 6.59. The molecule has 0 bridgehead atoms. The van der Waals surface area contributed by atoms with E-state index in [1.165, 1.54) is 22.9 Å². The highest BCUT2D eigenvalue weighted by molar-refractivity contribution is 6.22. The molecule has 0 unspecified atom stereocenters. The SMILES string of the molecule is CCC1(CC)OCc2ccc(Oc3ncc(N4C(=O)C[C@](C)(CC)C4=O)cn3)cc21. The standard InChI is InChI=1S/C23H27N3O4/c1-5-22(4)11-19(27)26(20(22)28)16-12-24-21(25-13-16)30-17-9-8-15-14-29-23(6-2,7-3)18(15)10-17/h8-10,12-13H,5-7,11,14H2,1-4H3/t22-/m0/s1. The molecular weight excluding hydrogens is 382 g/mol. The van der Waals surface area contributed by atoms with Crippen LogP contribution in [0.4, 0.5) is 5.69 Å². The summed E-state index contributed by atoms with van der Waals surface area (Å²) in [7, 11) is 0. The fourth-order valence-electron chi connectivity index (χ4n) is 4.29. The molecule has 1 aromatic heterocycles. The van der Waals surface area contributed by atoms with Crippen molar-refractivity contribution in [3.8, 4) is 11.8 Å². The highest BCUT2D eigenvalue weighted by atomic mass is 16.5. The number of hydrogen-bond acceptors (Lipinski definition) is 6. The topological polar surface area (TPSA) is 81.6 Å². The van der Waals surface area contributed by atoms with Gasteiger partial charge in [-0.15, -0.1) is 0 Å². The highest BCUT2D eigenvalue weighted by Gasteiger charge is 2.47. The zero-order valence-corrected chi connectivity index (χ0v) is 17.9. The molecule has 2 aliphatic rings. The Hall–Kier alpha value is -2.80. The summed E-state index contributed by atoms with van der Waals surface area (Å²) in [6.45, 7) is 8.58. The number of amides is 2. The first-order valence-electron chi connectivity index (χ1n) is 10.5. The van der Waals surface area contributed by atoms with E-state index in [0.717, 1.165) is 18.4 Å². The number of anilines is 1. The lowest BCUT2D eigenvalue weighted by Gasteiger charge is -2.26. The van der Waals surface area contributed by atoms with Gasteiger partial charge in [0.1, 0.15) is 5.75 Å². The Bertz CT molecular complexity index is 984. The molecule has 0 saturated carbocycles. The zero-order chi connectivity index (χ0) is 21.5. The number of carbonyl (C=O) groups excluding carboxylic acids is 2. The smallest absolute Gasteiger partial charge is 0.322 e. The molecule has 3 heterocycles. The van der Waals surface area contributed by atoms with E-state index < -0.39 is 5.41 Å². The monoisotopic (exact) mass is 409 g/mol. The zero-order valence-electron chi connectivity index (χ0n) is 17.9. The van der Waals surface area contributed by atoms with Crippen molar-refractivity contribution in [2.45, 2.75) is 65.6 Å². The highest BCUT2D eigenvalue weighted by Crippen LogP contribution is 2.43. The Morgan fingerprint density at radius 3 is 2.40 bits per heavy atom. The number of hydrogen-bond donors (Lipinski definition) is 0. The van der Waals surface area contributed by atoms with Crippen LogP contribution in [0.25, 0.3) is 0 Å². The lowest BCUT2D eigenvalue weighted by Crippen LogP contribution is -2.34. The molecule has 2 amide bonds. The fourth-order valence-corrected chi connectivity index (χ4v) is 4.29. The summed E-state index contributed by atoms with van der Waals surface area (Å²) in [5.41, 5.74) is 1.75. The van der Waals surface area contributed by atoms with Crippen LogP contribution in [-0.2, 0) is 26.5 Å². The van der Waals surface area contributed by atoms with E-state index in [4.69, 9.17) is 9.47 Å². The van der Waals surface area contributed by atoms with Crippen molar-refractivity contribution in [2.75, 3.05) is 4.90 Å². The predicted octanol–water partition coefficient (Wildman–Crippen LogP) is 4.49. The lowest BCUT2D eigenvalue weighted by molar-refractivity contribution is -0.125. The second-order valence-corrected chi connectivity index (χ2v) is 8.26. The average Bonchev–Trinajstić information content (AvgIpc) is 3.23. The van der Waals surface area contributed by atoms with Crippen molar-refractivity contribution in [1.82, 2.24) is 9.97 Å². The van der Waals surface area contributed by atoms with Crippen LogP contribution >= 0.6 is 0 Å². The number of nitrogens with zero attached hydrogens (tertiary/aromatic N) is 3. The molecule has 4 rings (SSSR count). The van der Waals surface area contributed by atoms with Gasteiger partial charge in [0.25, 0.3) is 0 Å². The van der Waals surface area contributed by atoms with E-state index in [9.17, 15) is 9.59 Å². The van der Waals surface area contributed by atoms with Crippen molar-refractivity contribution >= 4 is 17.5 Å². The molecule has 2 aromatic rings. The van der Waals surface area contributed by atoms with Gasteiger partial charge < -0.3 is 9.47 Å². The van der Waals surface area contributed by atoms with Crippen LogP contribution in [0.3, 0.4) is 0 Å². The van der Waals surface area contributed by atoms with E-state index in [1.54, 1.807) is 0 Å². The summed E-state index contributed by atoms with van der Waals surface area (Å²) >= 11 is 0. The normalized spacial score (nSPS) is 22.5. The predicted molar refractivity (Wildman–Crippen MR) is 111 cm³/mol. The van der Waals surface area contributed by atoms with E-state index in [2.05, 4.69) is 23.8 Å². The number of benzene rings is 1. The van der Waals surface area contributed by atoms with Crippen LogP contribution in [0, 0.1) is 5.41 Å². The van der Waals surface area contributed by atoms with Crippen LogP contribution in [-0.4, -0.2) is 21.8 Å². The number of ether oxygens (including phenoxy) is 2. The summed E-state index contributed by atoms with van der Waals surface area (Å²) in [5, 5.41) is 0. The molecule has 2 aliphatic heterocycles. The Morgan fingerprint density at radius 1 is 1.10 bits per heavy atom. The van der Waals surface area contributed by atoms with Crippen LogP contribution in [0.1, 0.15) is 64.5 Å². The molecule has 7 heteroatoms. The summed E-state index contributed by atoms with van der Waals surface area (Å²) < 4.78 is 11.9. The fraction of sp³-hybridized carbons (Fsp3) is 0.478. The minimum Gasteiger partial charge on any atom is -0.424 e. The molecule has 158 valence electrons. The Kier molecular flexibility index (Phi) is 5.10. The third-order valence-electron chi connectivity index (χ3n) is 6.59.